The smallest absolute Gasteiger partial charge is 0.207 e. The SMILES string of the molecule is CCCNc1nccn1-c1cc(C)ccc1Cl. The van der Waals surface area contributed by atoms with Gasteiger partial charge in [-0.2, -0.15) is 0 Å². The second kappa shape index (κ2) is 5.23. The number of imidazole rings is 1. The van der Waals surface area contributed by atoms with Gasteiger partial charge >= 0.3 is 0 Å². The fourth-order valence-electron chi connectivity index (χ4n) is 1.67. The molecule has 0 aliphatic heterocycles. The highest BCUT2D eigenvalue weighted by Crippen LogP contribution is 2.24. The monoisotopic (exact) mass is 249 g/mol. The summed E-state index contributed by atoms with van der Waals surface area (Å²) in [6.45, 7) is 5.08. The van der Waals surface area contributed by atoms with E-state index in [9.17, 15) is 0 Å². The van der Waals surface area contributed by atoms with Gasteiger partial charge in [0.25, 0.3) is 0 Å². The first-order valence-electron chi connectivity index (χ1n) is 5.76. The highest BCUT2D eigenvalue weighted by Gasteiger charge is 2.07. The van der Waals surface area contributed by atoms with Crippen molar-refractivity contribution in [2.45, 2.75) is 20.3 Å². The van der Waals surface area contributed by atoms with Gasteiger partial charge in [-0.1, -0.05) is 24.6 Å². The van der Waals surface area contributed by atoms with Gasteiger partial charge in [0.05, 0.1) is 10.7 Å². The van der Waals surface area contributed by atoms with E-state index < -0.39 is 0 Å². The summed E-state index contributed by atoms with van der Waals surface area (Å²) in [5, 5.41) is 4.01. The van der Waals surface area contributed by atoms with Gasteiger partial charge < -0.3 is 5.32 Å². The summed E-state index contributed by atoms with van der Waals surface area (Å²) in [6, 6.07) is 5.97. The van der Waals surface area contributed by atoms with E-state index in [-0.39, 0.29) is 0 Å². The fourth-order valence-corrected chi connectivity index (χ4v) is 1.88. The normalized spacial score (nSPS) is 10.5. The van der Waals surface area contributed by atoms with Crippen LogP contribution in [0.25, 0.3) is 5.69 Å². The maximum absolute atomic E-state index is 6.22. The Morgan fingerprint density at radius 2 is 2.24 bits per heavy atom. The Hall–Kier alpha value is -1.48. The van der Waals surface area contributed by atoms with Crippen molar-refractivity contribution in [1.29, 1.82) is 0 Å². The van der Waals surface area contributed by atoms with Gasteiger partial charge in [0.1, 0.15) is 0 Å². The minimum Gasteiger partial charge on any atom is -0.355 e. The highest BCUT2D eigenvalue weighted by molar-refractivity contribution is 6.32. The fraction of sp³-hybridized carbons (Fsp3) is 0.308. The molecule has 4 heteroatoms. The molecule has 0 atom stereocenters. The molecule has 0 aliphatic carbocycles. The zero-order valence-corrected chi connectivity index (χ0v) is 10.8. The van der Waals surface area contributed by atoms with Crippen LogP contribution >= 0.6 is 11.6 Å². The number of benzene rings is 1. The van der Waals surface area contributed by atoms with Gasteiger partial charge in [-0.25, -0.2) is 4.98 Å². The molecule has 0 bridgehead atoms. The largest absolute Gasteiger partial charge is 0.355 e. The second-order valence-electron chi connectivity index (χ2n) is 4.00. The van der Waals surface area contributed by atoms with E-state index in [2.05, 4.69) is 30.2 Å². The molecule has 1 aromatic carbocycles. The first-order chi connectivity index (χ1) is 8.22. The number of hydrogen-bond acceptors (Lipinski definition) is 2. The summed E-state index contributed by atoms with van der Waals surface area (Å²) < 4.78 is 1.98. The minimum absolute atomic E-state index is 0.730. The standard InChI is InChI=1S/C13H16ClN3/c1-3-6-15-13-16-7-8-17(13)12-9-10(2)4-5-11(12)14/h4-5,7-9H,3,6H2,1-2H3,(H,15,16). The third kappa shape index (κ3) is 2.61. The van der Waals surface area contributed by atoms with Crippen molar-refractivity contribution in [3.8, 4) is 5.69 Å². The van der Waals surface area contributed by atoms with E-state index >= 15 is 0 Å². The minimum atomic E-state index is 0.730. The quantitative estimate of drug-likeness (QED) is 0.896. The van der Waals surface area contributed by atoms with E-state index in [1.807, 2.05) is 22.9 Å². The average molecular weight is 250 g/mol. The molecule has 0 amide bonds. The number of aryl methyl sites for hydroxylation is 1. The summed E-state index contributed by atoms with van der Waals surface area (Å²) in [7, 11) is 0. The predicted molar refractivity (Wildman–Crippen MR) is 72.1 cm³/mol. The van der Waals surface area contributed by atoms with Crippen LogP contribution in [-0.4, -0.2) is 16.1 Å². The van der Waals surface area contributed by atoms with E-state index in [0.29, 0.717) is 0 Å². The van der Waals surface area contributed by atoms with E-state index in [1.54, 1.807) is 6.20 Å². The Labute approximate surface area is 106 Å². The van der Waals surface area contributed by atoms with Gasteiger partial charge in [0.2, 0.25) is 5.95 Å². The van der Waals surface area contributed by atoms with Crippen LogP contribution in [0.1, 0.15) is 18.9 Å². The van der Waals surface area contributed by atoms with Crippen molar-refractivity contribution >= 4 is 17.5 Å². The number of aromatic nitrogens is 2. The lowest BCUT2D eigenvalue weighted by atomic mass is 10.2. The van der Waals surface area contributed by atoms with Gasteiger partial charge in [-0.3, -0.25) is 4.57 Å². The van der Waals surface area contributed by atoms with Crippen LogP contribution in [0.15, 0.2) is 30.6 Å². The molecule has 1 N–H and O–H groups in total. The molecule has 0 radical (unpaired) electrons. The molecular formula is C13H16ClN3. The number of rotatable bonds is 4. The molecule has 0 unspecified atom stereocenters. The molecular weight excluding hydrogens is 234 g/mol. The summed E-state index contributed by atoms with van der Waals surface area (Å²) in [4.78, 5) is 4.29. The summed E-state index contributed by atoms with van der Waals surface area (Å²) in [6.07, 6.45) is 4.75. The van der Waals surface area contributed by atoms with Crippen LogP contribution in [0.2, 0.25) is 5.02 Å². The second-order valence-corrected chi connectivity index (χ2v) is 4.41. The summed E-state index contributed by atoms with van der Waals surface area (Å²) in [5.74, 6) is 0.833. The van der Waals surface area contributed by atoms with E-state index in [1.165, 1.54) is 5.56 Å². The topological polar surface area (TPSA) is 29.9 Å². The number of nitrogens with one attached hydrogen (secondary N) is 1. The van der Waals surface area contributed by atoms with Crippen LogP contribution in [0.5, 0.6) is 0 Å². The molecule has 2 rings (SSSR count). The molecule has 0 saturated carbocycles. The van der Waals surface area contributed by atoms with Crippen LogP contribution in [0.3, 0.4) is 0 Å². The number of nitrogens with zero attached hydrogens (tertiary/aromatic N) is 2. The molecule has 1 aromatic heterocycles. The molecule has 3 nitrogen and oxygen atoms in total. The van der Waals surface area contributed by atoms with Crippen molar-refractivity contribution in [2.24, 2.45) is 0 Å². The van der Waals surface area contributed by atoms with Gasteiger partial charge in [-0.05, 0) is 31.0 Å². The van der Waals surface area contributed by atoms with Crippen molar-refractivity contribution in [3.63, 3.8) is 0 Å². The Balaban J connectivity index is 2.38. The average Bonchev–Trinajstić information content (AvgIpc) is 2.77. The van der Waals surface area contributed by atoms with Gasteiger partial charge in [0, 0.05) is 18.9 Å². The lowest BCUT2D eigenvalue weighted by Gasteiger charge is -2.11. The Bertz CT molecular complexity index is 505. The maximum Gasteiger partial charge on any atom is 0.207 e. The van der Waals surface area contributed by atoms with Crippen molar-refractivity contribution < 1.29 is 0 Å². The Morgan fingerprint density at radius 3 is 3.00 bits per heavy atom. The van der Waals surface area contributed by atoms with E-state index in [0.717, 1.165) is 29.6 Å². The molecule has 0 fully saturated rings. The first-order valence-corrected chi connectivity index (χ1v) is 6.14. The van der Waals surface area contributed by atoms with Crippen molar-refractivity contribution in [1.82, 2.24) is 9.55 Å². The lowest BCUT2D eigenvalue weighted by Crippen LogP contribution is -2.07. The van der Waals surface area contributed by atoms with E-state index in [4.69, 9.17) is 11.6 Å². The predicted octanol–water partition coefficient (Wildman–Crippen LogP) is 3.66. The number of anilines is 1. The Kier molecular flexibility index (Phi) is 3.69. The van der Waals surface area contributed by atoms with Gasteiger partial charge in [0.15, 0.2) is 0 Å². The third-order valence-electron chi connectivity index (χ3n) is 2.54. The van der Waals surface area contributed by atoms with Crippen LogP contribution in [0, 0.1) is 6.92 Å². The molecule has 2 aromatic rings. The third-order valence-corrected chi connectivity index (χ3v) is 2.85. The molecule has 0 spiro atoms. The number of hydrogen-bond donors (Lipinski definition) is 1. The first kappa shape index (κ1) is 12.0. The van der Waals surface area contributed by atoms with Crippen molar-refractivity contribution in [2.75, 3.05) is 11.9 Å². The molecule has 17 heavy (non-hydrogen) atoms. The molecule has 0 aliphatic rings. The van der Waals surface area contributed by atoms with Crippen molar-refractivity contribution in [3.05, 3.63) is 41.2 Å². The van der Waals surface area contributed by atoms with Crippen LogP contribution in [0.4, 0.5) is 5.95 Å². The van der Waals surface area contributed by atoms with Crippen LogP contribution < -0.4 is 5.32 Å². The zero-order chi connectivity index (χ0) is 12.3. The van der Waals surface area contributed by atoms with Crippen LogP contribution in [-0.2, 0) is 0 Å². The summed E-state index contributed by atoms with van der Waals surface area (Å²) >= 11 is 6.22. The molecule has 1 heterocycles. The lowest BCUT2D eigenvalue weighted by molar-refractivity contribution is 0.936. The molecule has 0 saturated heterocycles. The number of halogens is 1. The molecule has 90 valence electrons. The Morgan fingerprint density at radius 1 is 1.41 bits per heavy atom. The maximum atomic E-state index is 6.22. The zero-order valence-electron chi connectivity index (χ0n) is 10.1. The van der Waals surface area contributed by atoms with Gasteiger partial charge in [-0.15, -0.1) is 0 Å². The highest BCUT2D eigenvalue weighted by atomic mass is 35.5. The summed E-state index contributed by atoms with van der Waals surface area (Å²) in [5.41, 5.74) is 2.14.